The van der Waals surface area contributed by atoms with Gasteiger partial charge >= 0.3 is 0 Å². The summed E-state index contributed by atoms with van der Waals surface area (Å²) in [5.74, 6) is 1.76. The number of amides is 1. The Morgan fingerprint density at radius 3 is 2.61 bits per heavy atom. The molecule has 0 spiro atoms. The number of rotatable bonds is 11. The average molecular weight is 538 g/mol. The predicted molar refractivity (Wildman–Crippen MR) is 140 cm³/mol. The Morgan fingerprint density at radius 2 is 1.90 bits per heavy atom. The third kappa shape index (κ3) is 10.5. The first-order valence-corrected chi connectivity index (χ1v) is 10.6. The van der Waals surface area contributed by atoms with E-state index in [0.717, 1.165) is 68.3 Å². The van der Waals surface area contributed by atoms with Gasteiger partial charge in [-0.15, -0.1) is 24.0 Å². The SMILES string of the molecule is CCNC(=NCCCCNc1ccccn1)NCCc1cccc(C(=O)N(C)C)c1.I. The van der Waals surface area contributed by atoms with Gasteiger partial charge in [-0.3, -0.25) is 9.79 Å². The molecular formula is C23H35IN6O. The molecule has 1 aromatic heterocycles. The van der Waals surface area contributed by atoms with Crippen LogP contribution in [0.5, 0.6) is 0 Å². The second-order valence-electron chi connectivity index (χ2n) is 7.19. The van der Waals surface area contributed by atoms with Crippen molar-refractivity contribution in [1.82, 2.24) is 20.5 Å². The molecule has 7 nitrogen and oxygen atoms in total. The number of hydrogen-bond acceptors (Lipinski definition) is 4. The Kier molecular flexibility index (Phi) is 13.3. The number of anilines is 1. The molecule has 0 fully saturated rings. The van der Waals surface area contributed by atoms with Gasteiger partial charge in [-0.1, -0.05) is 18.2 Å². The lowest BCUT2D eigenvalue weighted by Gasteiger charge is -2.13. The molecule has 2 aromatic rings. The summed E-state index contributed by atoms with van der Waals surface area (Å²) in [6.07, 6.45) is 4.65. The van der Waals surface area contributed by atoms with Gasteiger partial charge in [0.1, 0.15) is 5.82 Å². The zero-order chi connectivity index (χ0) is 21.6. The molecule has 0 atom stereocenters. The van der Waals surface area contributed by atoms with Gasteiger partial charge in [-0.2, -0.15) is 0 Å². The first-order valence-electron chi connectivity index (χ1n) is 10.6. The second kappa shape index (κ2) is 15.4. The van der Waals surface area contributed by atoms with Gasteiger partial charge in [0.2, 0.25) is 0 Å². The van der Waals surface area contributed by atoms with Crippen LogP contribution >= 0.6 is 24.0 Å². The number of carbonyl (C=O) groups is 1. The van der Waals surface area contributed by atoms with Crippen molar-refractivity contribution >= 4 is 41.7 Å². The van der Waals surface area contributed by atoms with E-state index in [1.165, 1.54) is 0 Å². The second-order valence-corrected chi connectivity index (χ2v) is 7.19. The summed E-state index contributed by atoms with van der Waals surface area (Å²) in [5, 5.41) is 9.97. The van der Waals surface area contributed by atoms with Crippen molar-refractivity contribution in [3.63, 3.8) is 0 Å². The third-order valence-corrected chi connectivity index (χ3v) is 4.46. The minimum atomic E-state index is 0. The summed E-state index contributed by atoms with van der Waals surface area (Å²) >= 11 is 0. The van der Waals surface area contributed by atoms with Crippen molar-refractivity contribution in [2.24, 2.45) is 4.99 Å². The van der Waals surface area contributed by atoms with E-state index in [1.54, 1.807) is 25.2 Å². The Bertz CT molecular complexity index is 798. The molecule has 1 aromatic carbocycles. The van der Waals surface area contributed by atoms with Gasteiger partial charge in [0.15, 0.2) is 5.96 Å². The first kappa shape index (κ1) is 26.7. The normalized spacial score (nSPS) is 10.7. The Balaban J connectivity index is 0.00000480. The molecule has 1 heterocycles. The van der Waals surface area contributed by atoms with Gasteiger partial charge in [-0.25, -0.2) is 4.98 Å². The lowest BCUT2D eigenvalue weighted by atomic mass is 10.1. The number of pyridine rings is 1. The third-order valence-electron chi connectivity index (χ3n) is 4.46. The number of aliphatic imine (C=N–C) groups is 1. The van der Waals surface area contributed by atoms with E-state index in [2.05, 4.69) is 32.9 Å². The van der Waals surface area contributed by atoms with Crippen molar-refractivity contribution in [3.8, 4) is 0 Å². The summed E-state index contributed by atoms with van der Waals surface area (Å²) < 4.78 is 0. The van der Waals surface area contributed by atoms with Gasteiger partial charge in [0.25, 0.3) is 5.91 Å². The molecule has 0 unspecified atom stereocenters. The number of carbonyl (C=O) groups excluding carboxylic acids is 1. The number of benzene rings is 1. The quantitative estimate of drug-likeness (QED) is 0.177. The Hall–Kier alpha value is -2.36. The average Bonchev–Trinajstić information content (AvgIpc) is 2.76. The molecule has 0 aliphatic rings. The lowest BCUT2D eigenvalue weighted by molar-refractivity contribution is 0.0827. The minimum absolute atomic E-state index is 0. The highest BCUT2D eigenvalue weighted by molar-refractivity contribution is 14.0. The minimum Gasteiger partial charge on any atom is -0.370 e. The first-order chi connectivity index (χ1) is 14.6. The van der Waals surface area contributed by atoms with Gasteiger partial charge < -0.3 is 20.9 Å². The monoisotopic (exact) mass is 538 g/mol. The van der Waals surface area contributed by atoms with Crippen LogP contribution < -0.4 is 16.0 Å². The van der Waals surface area contributed by atoms with Gasteiger partial charge in [0.05, 0.1) is 0 Å². The molecule has 2 rings (SSSR count). The van der Waals surface area contributed by atoms with E-state index in [9.17, 15) is 4.79 Å². The number of halogens is 1. The summed E-state index contributed by atoms with van der Waals surface area (Å²) in [4.78, 5) is 22.6. The fourth-order valence-corrected chi connectivity index (χ4v) is 2.90. The van der Waals surface area contributed by atoms with Crippen LogP contribution in [0, 0.1) is 0 Å². The standard InChI is InChI=1S/C23H34N6O.HI/c1-4-24-23(27-16-8-7-15-26-21-12-5-6-14-25-21)28-17-13-19-10-9-11-20(18-19)22(30)29(2)3;/h5-6,9-12,14,18H,4,7-8,13,15-17H2,1-3H3,(H,25,26)(H2,24,27,28);1H. The Labute approximate surface area is 203 Å². The Morgan fingerprint density at radius 1 is 1.06 bits per heavy atom. The largest absolute Gasteiger partial charge is 0.370 e. The van der Waals surface area contributed by atoms with Crippen LogP contribution in [0.3, 0.4) is 0 Å². The summed E-state index contributed by atoms with van der Waals surface area (Å²) in [6.45, 7) is 5.29. The topological polar surface area (TPSA) is 81.6 Å². The number of nitrogens with zero attached hydrogens (tertiary/aromatic N) is 3. The van der Waals surface area contributed by atoms with E-state index in [4.69, 9.17) is 0 Å². The van der Waals surface area contributed by atoms with Crippen LogP contribution in [0.4, 0.5) is 5.82 Å². The molecule has 31 heavy (non-hydrogen) atoms. The molecule has 3 N–H and O–H groups in total. The molecule has 0 radical (unpaired) electrons. The molecule has 170 valence electrons. The smallest absolute Gasteiger partial charge is 0.253 e. The zero-order valence-corrected chi connectivity index (χ0v) is 21.1. The number of aromatic nitrogens is 1. The van der Waals surface area contributed by atoms with Crippen LogP contribution in [0.2, 0.25) is 0 Å². The number of nitrogens with one attached hydrogen (secondary N) is 3. The maximum Gasteiger partial charge on any atom is 0.253 e. The number of hydrogen-bond donors (Lipinski definition) is 3. The summed E-state index contributed by atoms with van der Waals surface area (Å²) in [7, 11) is 3.54. The molecule has 0 aliphatic carbocycles. The van der Waals surface area contributed by atoms with E-state index >= 15 is 0 Å². The highest BCUT2D eigenvalue weighted by Gasteiger charge is 2.08. The van der Waals surface area contributed by atoms with Crippen LogP contribution in [-0.4, -0.2) is 62.0 Å². The molecule has 0 saturated carbocycles. The summed E-state index contributed by atoms with van der Waals surface area (Å²) in [6, 6.07) is 13.7. The van der Waals surface area contributed by atoms with E-state index in [0.29, 0.717) is 0 Å². The predicted octanol–water partition coefficient (Wildman–Crippen LogP) is 3.39. The maximum atomic E-state index is 12.1. The highest BCUT2D eigenvalue weighted by atomic mass is 127. The molecule has 0 saturated heterocycles. The van der Waals surface area contributed by atoms with E-state index in [1.807, 2.05) is 42.5 Å². The van der Waals surface area contributed by atoms with Crippen LogP contribution in [0.15, 0.2) is 53.7 Å². The lowest BCUT2D eigenvalue weighted by Crippen LogP contribution is -2.38. The van der Waals surface area contributed by atoms with Crippen LogP contribution in [0.25, 0.3) is 0 Å². The van der Waals surface area contributed by atoms with Gasteiger partial charge in [-0.05, 0) is 56.0 Å². The van der Waals surface area contributed by atoms with Crippen molar-refractivity contribution in [3.05, 3.63) is 59.8 Å². The fraction of sp³-hybridized carbons (Fsp3) is 0.435. The number of guanidine groups is 1. The van der Waals surface area contributed by atoms with Crippen LogP contribution in [0.1, 0.15) is 35.7 Å². The van der Waals surface area contributed by atoms with Crippen molar-refractivity contribution in [2.45, 2.75) is 26.2 Å². The highest BCUT2D eigenvalue weighted by Crippen LogP contribution is 2.07. The fourth-order valence-electron chi connectivity index (χ4n) is 2.90. The maximum absolute atomic E-state index is 12.1. The van der Waals surface area contributed by atoms with Crippen LogP contribution in [-0.2, 0) is 6.42 Å². The molecule has 8 heteroatoms. The molecule has 0 bridgehead atoms. The van der Waals surface area contributed by atoms with Gasteiger partial charge in [0, 0.05) is 52.0 Å². The van der Waals surface area contributed by atoms with E-state index in [-0.39, 0.29) is 29.9 Å². The van der Waals surface area contributed by atoms with Crippen molar-refractivity contribution in [1.29, 1.82) is 0 Å². The van der Waals surface area contributed by atoms with Crippen molar-refractivity contribution < 1.29 is 4.79 Å². The van der Waals surface area contributed by atoms with Crippen molar-refractivity contribution in [2.75, 3.05) is 45.6 Å². The number of unbranched alkanes of at least 4 members (excludes halogenated alkanes) is 1. The molecule has 1 amide bonds. The zero-order valence-electron chi connectivity index (χ0n) is 18.7. The summed E-state index contributed by atoms with van der Waals surface area (Å²) in [5.41, 5.74) is 1.85. The van der Waals surface area contributed by atoms with E-state index < -0.39 is 0 Å². The molecule has 0 aliphatic heterocycles. The molecular weight excluding hydrogens is 503 g/mol.